The van der Waals surface area contributed by atoms with E-state index in [0.717, 1.165) is 22.1 Å². The summed E-state index contributed by atoms with van der Waals surface area (Å²) in [6.45, 7) is 7.69. The highest BCUT2D eigenvalue weighted by Crippen LogP contribution is 2.35. The Labute approximate surface area is 208 Å². The van der Waals surface area contributed by atoms with Crippen LogP contribution in [0.2, 0.25) is 0 Å². The average Bonchev–Trinajstić information content (AvgIpc) is 3.49. The van der Waals surface area contributed by atoms with E-state index in [1.165, 1.54) is 55.2 Å². The van der Waals surface area contributed by atoms with Crippen molar-refractivity contribution in [1.82, 2.24) is 25.0 Å². The van der Waals surface area contributed by atoms with Crippen LogP contribution in [0.5, 0.6) is 5.75 Å². The maximum atomic E-state index is 12.5. The third kappa shape index (κ3) is 6.35. The lowest BCUT2D eigenvalue weighted by Crippen LogP contribution is -2.14. The first-order chi connectivity index (χ1) is 16.5. The zero-order chi connectivity index (χ0) is 23.9. The number of rotatable bonds is 10. The third-order valence-corrected chi connectivity index (χ3v) is 7.67. The molecule has 1 aliphatic rings. The first kappa shape index (κ1) is 24.7. The van der Waals surface area contributed by atoms with Gasteiger partial charge in [0.05, 0.1) is 12.4 Å². The predicted octanol–water partition coefficient (Wildman–Crippen LogP) is 5.63. The van der Waals surface area contributed by atoms with Gasteiger partial charge in [-0.15, -0.1) is 20.4 Å². The molecule has 1 amide bonds. The van der Waals surface area contributed by atoms with Crippen LogP contribution in [0.1, 0.15) is 63.8 Å². The van der Waals surface area contributed by atoms with Gasteiger partial charge in [-0.25, -0.2) is 0 Å². The van der Waals surface area contributed by atoms with E-state index in [1.54, 1.807) is 0 Å². The molecule has 1 saturated carbocycles. The highest BCUT2D eigenvalue weighted by Gasteiger charge is 2.21. The fourth-order valence-electron chi connectivity index (χ4n) is 3.94. The third-order valence-electron chi connectivity index (χ3n) is 5.70. The largest absolute Gasteiger partial charge is 0.493 e. The van der Waals surface area contributed by atoms with E-state index in [1.807, 2.05) is 35.8 Å². The van der Waals surface area contributed by atoms with Crippen molar-refractivity contribution in [2.45, 2.75) is 70.5 Å². The molecule has 1 fully saturated rings. The molecule has 182 valence electrons. The summed E-state index contributed by atoms with van der Waals surface area (Å²) >= 11 is 2.87. The highest BCUT2D eigenvalue weighted by molar-refractivity contribution is 7.99. The Morgan fingerprint density at radius 1 is 1.15 bits per heavy atom. The topological polar surface area (TPSA) is 94.8 Å². The van der Waals surface area contributed by atoms with Crippen LogP contribution in [-0.2, 0) is 11.3 Å². The first-order valence-corrected chi connectivity index (χ1v) is 13.8. The number of anilines is 1. The molecule has 0 saturated heterocycles. The number of aromatic nitrogens is 5. The molecule has 0 atom stereocenters. The monoisotopic (exact) mass is 500 g/mol. The second-order valence-corrected chi connectivity index (χ2v) is 10.8. The van der Waals surface area contributed by atoms with Gasteiger partial charge in [0.2, 0.25) is 11.0 Å². The van der Waals surface area contributed by atoms with E-state index in [-0.39, 0.29) is 11.7 Å². The van der Waals surface area contributed by atoms with Gasteiger partial charge in [-0.1, -0.05) is 56.2 Å². The number of hydrogen-bond donors (Lipinski definition) is 1. The van der Waals surface area contributed by atoms with Crippen molar-refractivity contribution < 1.29 is 9.53 Å². The maximum Gasteiger partial charge on any atom is 0.236 e. The Morgan fingerprint density at radius 2 is 1.91 bits per heavy atom. The molecule has 10 heteroatoms. The van der Waals surface area contributed by atoms with Gasteiger partial charge in [-0.05, 0) is 49.9 Å². The van der Waals surface area contributed by atoms with E-state index >= 15 is 0 Å². The molecule has 1 N–H and O–H groups in total. The van der Waals surface area contributed by atoms with Gasteiger partial charge >= 0.3 is 0 Å². The first-order valence-electron chi connectivity index (χ1n) is 12.0. The van der Waals surface area contributed by atoms with Gasteiger partial charge in [0.25, 0.3) is 0 Å². The van der Waals surface area contributed by atoms with Gasteiger partial charge in [-0.3, -0.25) is 10.1 Å². The number of hydrogen-bond acceptors (Lipinski definition) is 8. The normalized spacial score (nSPS) is 14.5. The average molecular weight is 501 g/mol. The smallest absolute Gasteiger partial charge is 0.236 e. The van der Waals surface area contributed by atoms with Gasteiger partial charge in [0.1, 0.15) is 10.8 Å². The van der Waals surface area contributed by atoms with Crippen molar-refractivity contribution in [2.24, 2.45) is 5.92 Å². The second kappa shape index (κ2) is 11.8. The van der Waals surface area contributed by atoms with Crippen LogP contribution < -0.4 is 10.1 Å². The minimum atomic E-state index is -0.116. The molecule has 3 aromatic rings. The number of nitrogens with one attached hydrogen (secondary N) is 1. The SMILES string of the molecule is CCn1c(SCC(=O)Nc2nnc(C3CCCCC3)s2)nnc1-c1ccc(OCC(C)C)cc1. The maximum absolute atomic E-state index is 12.5. The van der Waals surface area contributed by atoms with Crippen LogP contribution in [0, 0.1) is 5.92 Å². The number of benzene rings is 1. The molecule has 1 aliphatic carbocycles. The van der Waals surface area contributed by atoms with Crippen molar-refractivity contribution >= 4 is 34.1 Å². The Bertz CT molecular complexity index is 1070. The minimum Gasteiger partial charge on any atom is -0.493 e. The summed E-state index contributed by atoms with van der Waals surface area (Å²) < 4.78 is 7.79. The summed E-state index contributed by atoms with van der Waals surface area (Å²) in [5, 5.41) is 22.4. The van der Waals surface area contributed by atoms with E-state index in [4.69, 9.17) is 4.74 Å². The van der Waals surface area contributed by atoms with Crippen molar-refractivity contribution in [3.63, 3.8) is 0 Å². The van der Waals surface area contributed by atoms with Gasteiger partial charge in [0, 0.05) is 18.0 Å². The number of amides is 1. The van der Waals surface area contributed by atoms with Crippen LogP contribution in [0.4, 0.5) is 5.13 Å². The molecule has 2 heterocycles. The van der Waals surface area contributed by atoms with Crippen LogP contribution in [0.15, 0.2) is 29.4 Å². The lowest BCUT2D eigenvalue weighted by molar-refractivity contribution is -0.113. The molecule has 1 aromatic carbocycles. The van der Waals surface area contributed by atoms with E-state index in [9.17, 15) is 4.79 Å². The van der Waals surface area contributed by atoms with Crippen LogP contribution in [0.25, 0.3) is 11.4 Å². The Balaban J connectivity index is 1.33. The number of ether oxygens (including phenoxy) is 1. The Morgan fingerprint density at radius 3 is 2.62 bits per heavy atom. The summed E-state index contributed by atoms with van der Waals surface area (Å²) in [6, 6.07) is 7.89. The fraction of sp³-hybridized carbons (Fsp3) is 0.542. The van der Waals surface area contributed by atoms with Gasteiger partial charge in [0.15, 0.2) is 11.0 Å². The summed E-state index contributed by atoms with van der Waals surface area (Å²) in [4.78, 5) is 12.5. The second-order valence-electron chi connectivity index (χ2n) is 8.90. The number of nitrogens with zero attached hydrogens (tertiary/aromatic N) is 5. The van der Waals surface area contributed by atoms with Crippen LogP contribution >= 0.6 is 23.1 Å². The van der Waals surface area contributed by atoms with Crippen LogP contribution in [-0.4, -0.2) is 43.2 Å². The summed E-state index contributed by atoms with van der Waals surface area (Å²) in [5.41, 5.74) is 0.964. The molecule has 0 aliphatic heterocycles. The molecule has 0 unspecified atom stereocenters. The molecule has 0 radical (unpaired) electrons. The number of thioether (sulfide) groups is 1. The summed E-state index contributed by atoms with van der Waals surface area (Å²) in [7, 11) is 0. The Kier molecular flexibility index (Phi) is 8.55. The standard InChI is InChI=1S/C24H32N6O2S2/c1-4-30-21(17-10-12-19(13-11-17)32-14-16(2)3)26-29-24(30)33-15-20(31)25-23-28-27-22(34-23)18-8-6-5-7-9-18/h10-13,16,18H,4-9,14-15H2,1-3H3,(H,25,28,31). The lowest BCUT2D eigenvalue weighted by atomic mass is 9.90. The molecule has 8 nitrogen and oxygen atoms in total. The van der Waals surface area contributed by atoms with E-state index in [0.29, 0.717) is 35.3 Å². The molecular weight excluding hydrogens is 468 g/mol. The Hall–Kier alpha value is -2.46. The van der Waals surface area contributed by atoms with Crippen LogP contribution in [0.3, 0.4) is 0 Å². The van der Waals surface area contributed by atoms with Gasteiger partial charge < -0.3 is 9.30 Å². The molecule has 34 heavy (non-hydrogen) atoms. The zero-order valence-electron chi connectivity index (χ0n) is 20.0. The summed E-state index contributed by atoms with van der Waals surface area (Å²) in [5.74, 6) is 2.71. The predicted molar refractivity (Wildman–Crippen MR) is 137 cm³/mol. The lowest BCUT2D eigenvalue weighted by Gasteiger charge is -2.18. The zero-order valence-corrected chi connectivity index (χ0v) is 21.6. The quantitative estimate of drug-likeness (QED) is 0.361. The molecular formula is C24H32N6O2S2. The molecule has 4 rings (SSSR count). The van der Waals surface area contributed by atoms with Crippen molar-refractivity contribution in [3.8, 4) is 17.1 Å². The van der Waals surface area contributed by atoms with Gasteiger partial charge in [-0.2, -0.15) is 0 Å². The van der Waals surface area contributed by atoms with Crippen molar-refractivity contribution in [2.75, 3.05) is 17.7 Å². The van der Waals surface area contributed by atoms with Crippen molar-refractivity contribution in [1.29, 1.82) is 0 Å². The fourth-order valence-corrected chi connectivity index (χ4v) is 5.67. The summed E-state index contributed by atoms with van der Waals surface area (Å²) in [6.07, 6.45) is 6.14. The van der Waals surface area contributed by atoms with E-state index in [2.05, 4.69) is 39.6 Å². The molecule has 0 bridgehead atoms. The minimum absolute atomic E-state index is 0.116. The highest BCUT2D eigenvalue weighted by atomic mass is 32.2. The molecule has 0 spiro atoms. The number of carbonyl (C=O) groups is 1. The molecule has 2 aromatic heterocycles. The number of carbonyl (C=O) groups excluding carboxylic acids is 1. The van der Waals surface area contributed by atoms with Crippen molar-refractivity contribution in [3.05, 3.63) is 29.3 Å². The van der Waals surface area contributed by atoms with E-state index < -0.39 is 0 Å².